The van der Waals surface area contributed by atoms with Crippen molar-refractivity contribution in [1.82, 2.24) is 5.32 Å². The number of alkyl carbamates (subject to hydrolysis) is 1. The minimum atomic E-state index is -0.406. The molecule has 3 heteroatoms. The molecule has 98 valence electrons. The van der Waals surface area contributed by atoms with E-state index in [4.69, 9.17) is 4.74 Å². The molecule has 1 N–H and O–H groups in total. The first-order chi connectivity index (χ1) is 9.31. The molecule has 0 aliphatic rings. The number of carbonyl (C=O) groups is 1. The maximum atomic E-state index is 11.2. The van der Waals surface area contributed by atoms with E-state index in [1.807, 2.05) is 60.7 Å². The Balaban J connectivity index is 2.21. The van der Waals surface area contributed by atoms with E-state index in [1.54, 1.807) is 7.05 Å². The van der Waals surface area contributed by atoms with Crippen LogP contribution in [0.1, 0.15) is 17.0 Å². The molecule has 19 heavy (non-hydrogen) atoms. The van der Waals surface area contributed by atoms with Crippen LogP contribution in [0.25, 0.3) is 0 Å². The number of hydrogen-bond donors (Lipinski definition) is 1. The van der Waals surface area contributed by atoms with Gasteiger partial charge in [-0.05, 0) is 11.1 Å². The molecule has 0 saturated carbocycles. The Morgan fingerprint density at radius 1 is 1.00 bits per heavy atom. The number of ether oxygens (including phenoxy) is 1. The molecule has 3 nitrogen and oxygen atoms in total. The van der Waals surface area contributed by atoms with Crippen LogP contribution in [-0.4, -0.2) is 19.7 Å². The van der Waals surface area contributed by atoms with Crippen LogP contribution in [0.3, 0.4) is 0 Å². The van der Waals surface area contributed by atoms with E-state index >= 15 is 0 Å². The maximum absolute atomic E-state index is 11.2. The van der Waals surface area contributed by atoms with Crippen molar-refractivity contribution >= 4 is 6.09 Å². The molecule has 0 radical (unpaired) electrons. The van der Waals surface area contributed by atoms with Gasteiger partial charge in [-0.3, -0.25) is 0 Å². The fourth-order valence-electron chi connectivity index (χ4n) is 1.99. The van der Waals surface area contributed by atoms with Crippen molar-refractivity contribution in [2.45, 2.75) is 5.92 Å². The molecular formula is C16H17NO2. The van der Waals surface area contributed by atoms with Gasteiger partial charge in [0.25, 0.3) is 0 Å². The van der Waals surface area contributed by atoms with Gasteiger partial charge in [0, 0.05) is 13.0 Å². The van der Waals surface area contributed by atoms with E-state index in [1.165, 1.54) is 0 Å². The summed E-state index contributed by atoms with van der Waals surface area (Å²) in [5.41, 5.74) is 2.27. The molecule has 0 unspecified atom stereocenters. The highest BCUT2D eigenvalue weighted by Gasteiger charge is 2.15. The van der Waals surface area contributed by atoms with Crippen LogP contribution in [0, 0.1) is 0 Å². The van der Waals surface area contributed by atoms with Gasteiger partial charge in [-0.1, -0.05) is 60.7 Å². The predicted octanol–water partition coefficient (Wildman–Crippen LogP) is 3.17. The molecule has 0 atom stereocenters. The Kier molecular flexibility index (Phi) is 4.56. The summed E-state index contributed by atoms with van der Waals surface area (Å²) >= 11 is 0. The van der Waals surface area contributed by atoms with E-state index in [9.17, 15) is 4.79 Å². The minimum Gasteiger partial charge on any atom is -0.449 e. The lowest BCUT2D eigenvalue weighted by Gasteiger charge is -2.17. The average molecular weight is 255 g/mol. The van der Waals surface area contributed by atoms with Gasteiger partial charge in [-0.2, -0.15) is 0 Å². The summed E-state index contributed by atoms with van der Waals surface area (Å²) in [5, 5.41) is 2.46. The van der Waals surface area contributed by atoms with Gasteiger partial charge in [0.1, 0.15) is 6.61 Å². The van der Waals surface area contributed by atoms with Crippen molar-refractivity contribution < 1.29 is 9.53 Å². The Labute approximate surface area is 113 Å². The normalized spacial score (nSPS) is 10.2. The Hall–Kier alpha value is -2.29. The third-order valence-electron chi connectivity index (χ3n) is 2.99. The molecule has 0 aliphatic heterocycles. The van der Waals surface area contributed by atoms with Gasteiger partial charge < -0.3 is 10.1 Å². The lowest BCUT2D eigenvalue weighted by Crippen LogP contribution is -2.22. The highest BCUT2D eigenvalue weighted by atomic mass is 16.5. The van der Waals surface area contributed by atoms with Gasteiger partial charge in [-0.25, -0.2) is 4.79 Å². The highest BCUT2D eigenvalue weighted by Crippen LogP contribution is 2.24. The molecule has 0 aromatic heterocycles. The first-order valence-electron chi connectivity index (χ1n) is 6.25. The van der Waals surface area contributed by atoms with Crippen LogP contribution in [0.4, 0.5) is 4.79 Å². The topological polar surface area (TPSA) is 38.3 Å². The smallest absolute Gasteiger partial charge is 0.406 e. The van der Waals surface area contributed by atoms with Crippen molar-refractivity contribution in [3.05, 3.63) is 71.8 Å². The lowest BCUT2D eigenvalue weighted by atomic mass is 9.92. The first-order valence-corrected chi connectivity index (χ1v) is 6.25. The van der Waals surface area contributed by atoms with Crippen molar-refractivity contribution in [3.63, 3.8) is 0 Å². The average Bonchev–Trinajstić information content (AvgIpc) is 2.49. The highest BCUT2D eigenvalue weighted by molar-refractivity contribution is 5.66. The van der Waals surface area contributed by atoms with Crippen LogP contribution in [0.2, 0.25) is 0 Å². The second-order valence-corrected chi connectivity index (χ2v) is 4.22. The quantitative estimate of drug-likeness (QED) is 0.911. The van der Waals surface area contributed by atoms with Crippen molar-refractivity contribution in [1.29, 1.82) is 0 Å². The third kappa shape index (κ3) is 3.58. The van der Waals surface area contributed by atoms with E-state index in [2.05, 4.69) is 5.32 Å². The SMILES string of the molecule is CNC(=O)OCC(c1ccccc1)c1ccccc1. The molecular weight excluding hydrogens is 238 g/mol. The summed E-state index contributed by atoms with van der Waals surface area (Å²) in [4.78, 5) is 11.2. The largest absolute Gasteiger partial charge is 0.449 e. The Morgan fingerprint density at radius 3 is 1.89 bits per heavy atom. The van der Waals surface area contributed by atoms with Crippen LogP contribution in [0.15, 0.2) is 60.7 Å². The number of carbonyl (C=O) groups excluding carboxylic acids is 1. The van der Waals surface area contributed by atoms with Gasteiger partial charge in [0.05, 0.1) is 0 Å². The molecule has 0 bridgehead atoms. The number of nitrogens with one attached hydrogen (secondary N) is 1. The molecule has 2 rings (SSSR count). The minimum absolute atomic E-state index is 0.0553. The molecule has 0 fully saturated rings. The maximum Gasteiger partial charge on any atom is 0.406 e. The van der Waals surface area contributed by atoms with Crippen LogP contribution >= 0.6 is 0 Å². The summed E-state index contributed by atoms with van der Waals surface area (Å²) in [6.07, 6.45) is -0.406. The van der Waals surface area contributed by atoms with E-state index in [-0.39, 0.29) is 5.92 Å². The number of benzene rings is 2. The Bertz CT molecular complexity index is 471. The van der Waals surface area contributed by atoms with E-state index < -0.39 is 6.09 Å². The number of hydrogen-bond acceptors (Lipinski definition) is 2. The summed E-state index contributed by atoms with van der Waals surface area (Å²) in [6, 6.07) is 20.1. The van der Waals surface area contributed by atoms with Crippen LogP contribution < -0.4 is 5.32 Å². The molecule has 0 aliphatic carbocycles. The fourth-order valence-corrected chi connectivity index (χ4v) is 1.99. The molecule has 0 saturated heterocycles. The van der Waals surface area contributed by atoms with Crippen LogP contribution in [0.5, 0.6) is 0 Å². The second kappa shape index (κ2) is 6.59. The predicted molar refractivity (Wildman–Crippen MR) is 75.1 cm³/mol. The van der Waals surface area contributed by atoms with E-state index in [0.29, 0.717) is 6.61 Å². The standard InChI is InChI=1S/C16H17NO2/c1-17-16(18)19-12-15(13-8-4-2-5-9-13)14-10-6-3-7-11-14/h2-11,15H,12H2,1H3,(H,17,18). The molecule has 1 amide bonds. The third-order valence-corrected chi connectivity index (χ3v) is 2.99. The summed E-state index contributed by atoms with van der Waals surface area (Å²) in [5.74, 6) is 0.0553. The zero-order chi connectivity index (χ0) is 13.5. The Morgan fingerprint density at radius 2 is 1.47 bits per heavy atom. The molecule has 2 aromatic carbocycles. The molecule has 0 heterocycles. The molecule has 0 spiro atoms. The van der Waals surface area contributed by atoms with E-state index in [0.717, 1.165) is 11.1 Å². The summed E-state index contributed by atoms with van der Waals surface area (Å²) < 4.78 is 5.21. The van der Waals surface area contributed by atoms with Crippen molar-refractivity contribution in [2.75, 3.05) is 13.7 Å². The van der Waals surface area contributed by atoms with Crippen molar-refractivity contribution in [3.8, 4) is 0 Å². The van der Waals surface area contributed by atoms with Gasteiger partial charge in [-0.15, -0.1) is 0 Å². The summed E-state index contributed by atoms with van der Waals surface area (Å²) in [6.45, 7) is 0.327. The lowest BCUT2D eigenvalue weighted by molar-refractivity contribution is 0.145. The zero-order valence-electron chi connectivity index (χ0n) is 10.9. The molecule has 2 aromatic rings. The zero-order valence-corrected chi connectivity index (χ0v) is 10.9. The second-order valence-electron chi connectivity index (χ2n) is 4.22. The van der Waals surface area contributed by atoms with Crippen LogP contribution in [-0.2, 0) is 4.74 Å². The summed E-state index contributed by atoms with van der Waals surface area (Å²) in [7, 11) is 1.56. The number of rotatable bonds is 4. The van der Waals surface area contributed by atoms with Gasteiger partial charge >= 0.3 is 6.09 Å². The first kappa shape index (κ1) is 13.1. The monoisotopic (exact) mass is 255 g/mol. The van der Waals surface area contributed by atoms with Crippen molar-refractivity contribution in [2.24, 2.45) is 0 Å². The van der Waals surface area contributed by atoms with Gasteiger partial charge in [0.2, 0.25) is 0 Å². The van der Waals surface area contributed by atoms with Gasteiger partial charge in [0.15, 0.2) is 0 Å². The fraction of sp³-hybridized carbons (Fsp3) is 0.188. The number of amides is 1.